The molecule has 0 radical (unpaired) electrons. The quantitative estimate of drug-likeness (QED) is 0.680. The van der Waals surface area contributed by atoms with E-state index in [9.17, 15) is 39.9 Å². The second-order valence-electron chi connectivity index (χ2n) is 2.17. The predicted molar refractivity (Wildman–Crippen MR) is 26.9 cm³/mol. The van der Waals surface area contributed by atoms with Gasteiger partial charge in [-0.1, -0.05) is 0 Å². The molecule has 0 N–H and O–H groups in total. The van der Waals surface area contributed by atoms with Crippen LogP contribution in [0.15, 0.2) is 0 Å². The highest BCUT2D eigenvalue weighted by molar-refractivity contribution is 5.90. The summed E-state index contributed by atoms with van der Waals surface area (Å²) in [5.41, 5.74) is 0. The van der Waals surface area contributed by atoms with Crippen molar-refractivity contribution in [1.29, 1.82) is 0 Å². The fourth-order valence-electron chi connectivity index (χ4n) is 0.427. The van der Waals surface area contributed by atoms with Crippen molar-refractivity contribution < 1.29 is 39.9 Å². The van der Waals surface area contributed by atoms with E-state index in [2.05, 4.69) is 0 Å². The molecule has 0 aromatic heterocycles. The van der Waals surface area contributed by atoms with E-state index in [1.807, 2.05) is 0 Å². The minimum absolute atomic E-state index is 3.49. The van der Waals surface area contributed by atoms with E-state index in [0.717, 1.165) is 0 Å². The van der Waals surface area contributed by atoms with E-state index in [1.54, 1.807) is 0 Å². The molecule has 0 spiro atoms. The summed E-state index contributed by atoms with van der Waals surface area (Å²) in [5, 5.41) is 0. The number of hydrogen-bond donors (Lipinski definition) is 0. The zero-order valence-corrected chi connectivity index (χ0v) is 6.09. The molecule has 0 rings (SSSR count). The maximum atomic E-state index is 11.9. The van der Waals surface area contributed by atoms with Crippen molar-refractivity contribution in [3.8, 4) is 0 Å². The van der Waals surface area contributed by atoms with Gasteiger partial charge < -0.3 is 0 Å². The number of carbonyl (C=O) groups excluding carboxylic acids is 1. The van der Waals surface area contributed by atoms with Crippen LogP contribution in [0.25, 0.3) is 0 Å². The summed E-state index contributed by atoms with van der Waals surface area (Å²) in [6.45, 7) is 0. The van der Waals surface area contributed by atoms with Gasteiger partial charge in [0.25, 0.3) is 12.2 Å². The van der Waals surface area contributed by atoms with E-state index in [0.29, 0.717) is 0 Å². The summed E-state index contributed by atoms with van der Waals surface area (Å²) >= 11 is 0. The standard InChI is InChI=1S/C5H2F8O/c6-1(3(7)8)2(14)4(9,10)5(11,12)13/h1,3H. The minimum atomic E-state index is -6.37. The van der Waals surface area contributed by atoms with Gasteiger partial charge in [0.1, 0.15) is 0 Å². The fraction of sp³-hybridized carbons (Fsp3) is 0.800. The molecule has 0 amide bonds. The Labute approximate surface area is 71.7 Å². The Morgan fingerprint density at radius 2 is 1.29 bits per heavy atom. The number of hydrogen-bond acceptors (Lipinski definition) is 1. The van der Waals surface area contributed by atoms with Gasteiger partial charge in [0.15, 0.2) is 0 Å². The molecule has 9 heteroatoms. The van der Waals surface area contributed by atoms with Gasteiger partial charge in [-0.3, -0.25) is 4.79 Å². The Morgan fingerprint density at radius 3 is 1.50 bits per heavy atom. The lowest BCUT2D eigenvalue weighted by molar-refractivity contribution is -0.272. The first kappa shape index (κ1) is 13.1. The van der Waals surface area contributed by atoms with Crippen LogP contribution in [0.3, 0.4) is 0 Å². The van der Waals surface area contributed by atoms with Crippen molar-refractivity contribution >= 4 is 5.78 Å². The van der Waals surface area contributed by atoms with E-state index in [-0.39, 0.29) is 0 Å². The average molecular weight is 230 g/mol. The van der Waals surface area contributed by atoms with Crippen LogP contribution in [0, 0.1) is 0 Å². The van der Waals surface area contributed by atoms with Crippen LogP contribution in [-0.4, -0.2) is 30.5 Å². The summed E-state index contributed by atoms with van der Waals surface area (Å²) in [6.07, 6.45) is -14.7. The highest BCUT2D eigenvalue weighted by Gasteiger charge is 2.65. The zero-order valence-electron chi connectivity index (χ0n) is 6.09. The van der Waals surface area contributed by atoms with Gasteiger partial charge in [-0.05, 0) is 0 Å². The van der Waals surface area contributed by atoms with Gasteiger partial charge in [-0.15, -0.1) is 0 Å². The number of ketones is 1. The molecular weight excluding hydrogens is 228 g/mol. The molecule has 1 unspecified atom stereocenters. The Bertz CT molecular complexity index is 218. The second-order valence-corrected chi connectivity index (χ2v) is 2.17. The monoisotopic (exact) mass is 230 g/mol. The first-order valence-electron chi connectivity index (χ1n) is 2.93. The molecule has 0 aliphatic carbocycles. The Kier molecular flexibility index (Phi) is 3.46. The van der Waals surface area contributed by atoms with Crippen molar-refractivity contribution in [3.05, 3.63) is 0 Å². The summed E-state index contributed by atoms with van der Waals surface area (Å²) in [5.74, 6) is -9.58. The van der Waals surface area contributed by atoms with Crippen molar-refractivity contribution in [3.63, 3.8) is 0 Å². The molecule has 0 saturated heterocycles. The number of Topliss-reactive ketones (excluding diaryl/α,β-unsaturated/α-hetero) is 1. The molecule has 0 bridgehead atoms. The highest BCUT2D eigenvalue weighted by Crippen LogP contribution is 2.37. The first-order chi connectivity index (χ1) is 6.01. The number of alkyl halides is 8. The Balaban J connectivity index is 4.86. The van der Waals surface area contributed by atoms with Gasteiger partial charge in [-0.2, -0.15) is 22.0 Å². The summed E-state index contributed by atoms with van der Waals surface area (Å²) in [7, 11) is 0. The molecule has 0 fully saturated rings. The van der Waals surface area contributed by atoms with E-state index in [4.69, 9.17) is 0 Å². The summed E-state index contributed by atoms with van der Waals surface area (Å²) < 4.78 is 92.2. The van der Waals surface area contributed by atoms with Crippen molar-refractivity contribution in [2.24, 2.45) is 0 Å². The normalized spacial score (nSPS) is 15.8. The van der Waals surface area contributed by atoms with Gasteiger partial charge in [0, 0.05) is 0 Å². The Hall–Kier alpha value is -0.890. The molecule has 0 aliphatic rings. The largest absolute Gasteiger partial charge is 0.461 e. The zero-order chi connectivity index (χ0) is 11.7. The van der Waals surface area contributed by atoms with Crippen LogP contribution in [0.2, 0.25) is 0 Å². The second kappa shape index (κ2) is 3.70. The summed E-state index contributed by atoms with van der Waals surface area (Å²) in [4.78, 5) is 9.93. The van der Waals surface area contributed by atoms with Gasteiger partial charge >= 0.3 is 12.1 Å². The van der Waals surface area contributed by atoms with Crippen LogP contribution < -0.4 is 0 Å². The maximum absolute atomic E-state index is 11.9. The van der Waals surface area contributed by atoms with Crippen molar-refractivity contribution in [2.75, 3.05) is 0 Å². The predicted octanol–water partition coefficient (Wildman–Crippen LogP) is 2.36. The van der Waals surface area contributed by atoms with Crippen molar-refractivity contribution in [2.45, 2.75) is 24.7 Å². The third-order valence-corrected chi connectivity index (χ3v) is 1.14. The van der Waals surface area contributed by atoms with Crippen molar-refractivity contribution in [1.82, 2.24) is 0 Å². The van der Waals surface area contributed by atoms with Crippen LogP contribution in [0.4, 0.5) is 35.1 Å². The van der Waals surface area contributed by atoms with Crippen LogP contribution in [0.1, 0.15) is 0 Å². The van der Waals surface area contributed by atoms with Crippen LogP contribution in [-0.2, 0) is 4.79 Å². The Morgan fingerprint density at radius 1 is 0.929 bits per heavy atom. The molecular formula is C5H2F8O. The summed E-state index contributed by atoms with van der Waals surface area (Å²) in [6, 6.07) is 0. The van der Waals surface area contributed by atoms with Gasteiger partial charge in [0.05, 0.1) is 0 Å². The van der Waals surface area contributed by atoms with E-state index >= 15 is 0 Å². The van der Waals surface area contributed by atoms with Crippen LogP contribution in [0.5, 0.6) is 0 Å². The molecule has 0 saturated carbocycles. The first-order valence-corrected chi connectivity index (χ1v) is 2.93. The number of carbonyl (C=O) groups is 1. The lowest BCUT2D eigenvalue weighted by Crippen LogP contribution is -2.49. The van der Waals surface area contributed by atoms with Crippen LogP contribution >= 0.6 is 0 Å². The van der Waals surface area contributed by atoms with Gasteiger partial charge in [0.2, 0.25) is 6.17 Å². The smallest absolute Gasteiger partial charge is 0.289 e. The average Bonchev–Trinajstić information content (AvgIpc) is 1.99. The SMILES string of the molecule is O=C(C(F)C(F)F)C(F)(F)C(F)(F)F. The van der Waals surface area contributed by atoms with E-state index in [1.165, 1.54) is 0 Å². The fourth-order valence-corrected chi connectivity index (χ4v) is 0.427. The lowest BCUT2D eigenvalue weighted by Gasteiger charge is -2.19. The number of rotatable bonds is 3. The molecule has 84 valence electrons. The molecule has 0 aromatic carbocycles. The lowest BCUT2D eigenvalue weighted by atomic mass is 10.1. The molecule has 0 aromatic rings. The third-order valence-electron chi connectivity index (χ3n) is 1.14. The minimum Gasteiger partial charge on any atom is -0.289 e. The maximum Gasteiger partial charge on any atom is 0.461 e. The molecule has 1 atom stereocenters. The molecule has 0 aliphatic heterocycles. The van der Waals surface area contributed by atoms with E-state index < -0.39 is 30.5 Å². The highest BCUT2D eigenvalue weighted by atomic mass is 19.4. The molecule has 14 heavy (non-hydrogen) atoms. The topological polar surface area (TPSA) is 17.1 Å². The molecule has 0 heterocycles. The third kappa shape index (κ3) is 2.32. The number of halogens is 8. The van der Waals surface area contributed by atoms with Gasteiger partial charge in [-0.25, -0.2) is 13.2 Å². The molecule has 1 nitrogen and oxygen atoms in total.